The van der Waals surface area contributed by atoms with Crippen molar-refractivity contribution in [1.82, 2.24) is 20.8 Å². The Morgan fingerprint density at radius 2 is 1.70 bits per heavy atom. The molecule has 1 aliphatic rings. The summed E-state index contributed by atoms with van der Waals surface area (Å²) in [5.74, 6) is -1.93. The minimum absolute atomic E-state index is 0.0705. The molecule has 1 aromatic heterocycles. The Balaban J connectivity index is 1.35. The highest BCUT2D eigenvalue weighted by Crippen LogP contribution is 2.44. The first-order valence-electron chi connectivity index (χ1n) is 10.6. The van der Waals surface area contributed by atoms with Crippen LogP contribution >= 0.6 is 0 Å². The molecule has 0 aliphatic heterocycles. The number of benzene rings is 2. The van der Waals surface area contributed by atoms with E-state index >= 15 is 0 Å². The van der Waals surface area contributed by atoms with E-state index in [1.54, 1.807) is 12.3 Å². The number of aromatic nitrogens is 2. The molecule has 4 N–H and O–H groups in total. The quantitative estimate of drug-likeness (QED) is 0.397. The topological polar surface area (TPSA) is 133 Å². The Hall–Kier alpha value is -4.14. The van der Waals surface area contributed by atoms with Crippen LogP contribution in [0.4, 0.5) is 4.79 Å². The van der Waals surface area contributed by atoms with Gasteiger partial charge in [0, 0.05) is 30.8 Å². The van der Waals surface area contributed by atoms with E-state index in [0.29, 0.717) is 6.42 Å². The summed E-state index contributed by atoms with van der Waals surface area (Å²) < 4.78 is 5.43. The van der Waals surface area contributed by atoms with Crippen molar-refractivity contribution in [1.29, 1.82) is 0 Å². The summed E-state index contributed by atoms with van der Waals surface area (Å²) in [7, 11) is 0. The van der Waals surface area contributed by atoms with Crippen molar-refractivity contribution < 1.29 is 24.2 Å². The van der Waals surface area contributed by atoms with Crippen molar-refractivity contribution in [2.75, 3.05) is 13.2 Å². The standard InChI is InChI=1S/C24H24N4O5/c29-22(30)13-21(23(31)25-11-9-15-10-12-26-28-15)27-24(32)33-14-20-18-7-3-1-5-16(18)17-6-2-4-8-19(17)20/h1-8,10,12,20-21H,9,11,13-14H2,(H,25,31)(H,26,28)(H,27,32)(H,29,30). The fourth-order valence-corrected chi connectivity index (χ4v) is 4.03. The van der Waals surface area contributed by atoms with Gasteiger partial charge < -0.3 is 20.5 Å². The molecular weight excluding hydrogens is 424 g/mol. The number of H-pyrrole nitrogens is 1. The molecule has 4 rings (SSSR count). The lowest BCUT2D eigenvalue weighted by Crippen LogP contribution is -2.48. The number of fused-ring (bicyclic) bond motifs is 3. The van der Waals surface area contributed by atoms with Gasteiger partial charge in [0.2, 0.25) is 5.91 Å². The second-order valence-electron chi connectivity index (χ2n) is 7.74. The smallest absolute Gasteiger partial charge is 0.407 e. The van der Waals surface area contributed by atoms with E-state index in [-0.39, 0.29) is 19.1 Å². The first-order chi connectivity index (χ1) is 16.0. The third-order valence-electron chi connectivity index (χ3n) is 5.58. The molecule has 2 amide bonds. The molecule has 0 fully saturated rings. The molecule has 170 valence electrons. The fourth-order valence-electron chi connectivity index (χ4n) is 4.03. The van der Waals surface area contributed by atoms with Gasteiger partial charge in [-0.3, -0.25) is 14.7 Å². The second-order valence-corrected chi connectivity index (χ2v) is 7.74. The second kappa shape index (κ2) is 9.99. The molecule has 0 saturated heterocycles. The molecule has 0 spiro atoms. The van der Waals surface area contributed by atoms with Gasteiger partial charge in [-0.2, -0.15) is 5.10 Å². The van der Waals surface area contributed by atoms with Crippen LogP contribution in [0.3, 0.4) is 0 Å². The number of alkyl carbamates (subject to hydrolysis) is 1. The van der Waals surface area contributed by atoms with Gasteiger partial charge >= 0.3 is 12.1 Å². The first-order valence-corrected chi connectivity index (χ1v) is 10.6. The summed E-state index contributed by atoms with van der Waals surface area (Å²) in [5.41, 5.74) is 5.15. The lowest BCUT2D eigenvalue weighted by atomic mass is 9.98. The van der Waals surface area contributed by atoms with Crippen LogP contribution in [0.5, 0.6) is 0 Å². The number of amides is 2. The van der Waals surface area contributed by atoms with Gasteiger partial charge in [0.05, 0.1) is 6.42 Å². The minimum atomic E-state index is -1.25. The molecule has 1 heterocycles. The third kappa shape index (κ3) is 5.20. The predicted molar refractivity (Wildman–Crippen MR) is 120 cm³/mol. The number of nitrogens with one attached hydrogen (secondary N) is 3. The average Bonchev–Trinajstić information content (AvgIpc) is 3.43. The maximum absolute atomic E-state index is 12.5. The van der Waals surface area contributed by atoms with Gasteiger partial charge in [-0.05, 0) is 28.3 Å². The van der Waals surface area contributed by atoms with Gasteiger partial charge in [-0.15, -0.1) is 0 Å². The van der Waals surface area contributed by atoms with E-state index in [1.165, 1.54) is 0 Å². The maximum Gasteiger partial charge on any atom is 0.407 e. The van der Waals surface area contributed by atoms with Crippen LogP contribution in [0.15, 0.2) is 60.8 Å². The number of hydrogen-bond acceptors (Lipinski definition) is 5. The largest absolute Gasteiger partial charge is 0.481 e. The van der Waals surface area contributed by atoms with Crippen molar-refractivity contribution in [3.8, 4) is 11.1 Å². The zero-order valence-electron chi connectivity index (χ0n) is 17.8. The van der Waals surface area contributed by atoms with Crippen molar-refractivity contribution in [3.63, 3.8) is 0 Å². The molecule has 1 unspecified atom stereocenters. The van der Waals surface area contributed by atoms with Gasteiger partial charge in [-0.1, -0.05) is 48.5 Å². The maximum atomic E-state index is 12.5. The normalized spacial score (nSPS) is 13.0. The Bertz CT molecular complexity index is 1100. The van der Waals surface area contributed by atoms with Crippen molar-refractivity contribution in [3.05, 3.63) is 77.6 Å². The van der Waals surface area contributed by atoms with E-state index < -0.39 is 30.4 Å². The molecule has 3 aromatic rings. The molecule has 9 nitrogen and oxygen atoms in total. The zero-order valence-corrected chi connectivity index (χ0v) is 17.8. The Morgan fingerprint density at radius 3 is 2.30 bits per heavy atom. The zero-order chi connectivity index (χ0) is 23.2. The lowest BCUT2D eigenvalue weighted by molar-refractivity contribution is -0.139. The van der Waals surface area contributed by atoms with Crippen LogP contribution in [-0.4, -0.2) is 52.5 Å². The SMILES string of the molecule is O=C(O)CC(NC(=O)OCC1c2ccccc2-c2ccccc21)C(=O)NCCc1ccn[nH]1. The number of rotatable bonds is 9. The monoisotopic (exact) mass is 448 g/mol. The van der Waals surface area contributed by atoms with Crippen LogP contribution in [0.1, 0.15) is 29.2 Å². The summed E-state index contributed by atoms with van der Waals surface area (Å²) >= 11 is 0. The predicted octanol–water partition coefficient (Wildman–Crippen LogP) is 2.45. The fraction of sp³-hybridized carbons (Fsp3) is 0.250. The number of nitrogens with zero attached hydrogens (tertiary/aromatic N) is 1. The molecule has 2 aromatic carbocycles. The molecule has 33 heavy (non-hydrogen) atoms. The van der Waals surface area contributed by atoms with E-state index in [0.717, 1.165) is 27.9 Å². The summed E-state index contributed by atoms with van der Waals surface area (Å²) in [5, 5.41) is 20.8. The van der Waals surface area contributed by atoms with Crippen LogP contribution in [0.2, 0.25) is 0 Å². The molecular formula is C24H24N4O5. The summed E-state index contributed by atoms with van der Waals surface area (Å²) in [6, 6.07) is 16.4. The van der Waals surface area contributed by atoms with Gasteiger partial charge in [0.1, 0.15) is 12.6 Å². The van der Waals surface area contributed by atoms with E-state index in [9.17, 15) is 14.4 Å². The number of carboxylic acid groups (broad SMARTS) is 1. The Morgan fingerprint density at radius 1 is 1.03 bits per heavy atom. The molecule has 1 atom stereocenters. The van der Waals surface area contributed by atoms with Crippen molar-refractivity contribution in [2.24, 2.45) is 0 Å². The third-order valence-corrected chi connectivity index (χ3v) is 5.58. The van der Waals surface area contributed by atoms with Gasteiger partial charge in [-0.25, -0.2) is 4.79 Å². The van der Waals surface area contributed by atoms with E-state index in [4.69, 9.17) is 9.84 Å². The highest BCUT2D eigenvalue weighted by Gasteiger charge is 2.30. The lowest BCUT2D eigenvalue weighted by Gasteiger charge is -2.18. The molecule has 1 aliphatic carbocycles. The number of aliphatic carboxylic acids is 1. The van der Waals surface area contributed by atoms with E-state index in [2.05, 4.69) is 20.8 Å². The highest BCUT2D eigenvalue weighted by molar-refractivity contribution is 5.89. The molecule has 0 radical (unpaired) electrons. The van der Waals surface area contributed by atoms with Crippen LogP contribution in [0, 0.1) is 0 Å². The number of hydrogen-bond donors (Lipinski definition) is 4. The van der Waals surface area contributed by atoms with Crippen LogP contribution < -0.4 is 10.6 Å². The van der Waals surface area contributed by atoms with Crippen molar-refractivity contribution >= 4 is 18.0 Å². The number of carbonyl (C=O) groups is 3. The van der Waals surface area contributed by atoms with Gasteiger partial charge in [0.25, 0.3) is 0 Å². The van der Waals surface area contributed by atoms with Crippen molar-refractivity contribution in [2.45, 2.75) is 24.8 Å². The molecule has 0 bridgehead atoms. The van der Waals surface area contributed by atoms with E-state index in [1.807, 2.05) is 48.5 Å². The van der Waals surface area contributed by atoms with Gasteiger partial charge in [0.15, 0.2) is 0 Å². The number of ether oxygens (including phenoxy) is 1. The summed E-state index contributed by atoms with van der Waals surface area (Å²) in [6.07, 6.45) is 0.700. The summed E-state index contributed by atoms with van der Waals surface area (Å²) in [4.78, 5) is 36.1. The summed E-state index contributed by atoms with van der Waals surface area (Å²) in [6.45, 7) is 0.338. The molecule has 9 heteroatoms. The first kappa shape index (κ1) is 22.1. The number of aromatic amines is 1. The van der Waals surface area contributed by atoms with Crippen LogP contribution in [-0.2, 0) is 20.7 Å². The highest BCUT2D eigenvalue weighted by atomic mass is 16.5. The minimum Gasteiger partial charge on any atom is -0.481 e. The average molecular weight is 448 g/mol. The Labute approximate surface area is 190 Å². The van der Waals surface area contributed by atoms with Crippen LogP contribution in [0.25, 0.3) is 11.1 Å². The number of carboxylic acids is 1. The molecule has 0 saturated carbocycles. The number of carbonyl (C=O) groups excluding carboxylic acids is 2. The Kier molecular flexibility index (Phi) is 6.68.